The number of ether oxygens (including phenoxy) is 1. The zero-order valence-corrected chi connectivity index (χ0v) is 10.2. The molecule has 0 radical (unpaired) electrons. The lowest BCUT2D eigenvalue weighted by Gasteiger charge is -2.17. The number of hydrogen-bond donors (Lipinski definition) is 3. The van der Waals surface area contributed by atoms with Crippen LogP contribution in [0, 0.1) is 0 Å². The molecule has 1 aliphatic rings. The first-order valence-corrected chi connectivity index (χ1v) is 6.05. The van der Waals surface area contributed by atoms with Gasteiger partial charge < -0.3 is 15.8 Å². The molecule has 1 aromatic rings. The number of hydrogen-bond acceptors (Lipinski definition) is 4. The molecule has 0 bridgehead atoms. The molecule has 2 unspecified atom stereocenters. The molecule has 106 valence electrons. The second-order valence-electron chi connectivity index (χ2n) is 4.45. The fourth-order valence-corrected chi connectivity index (χ4v) is 2.10. The van der Waals surface area contributed by atoms with Crippen molar-refractivity contribution in [1.29, 1.82) is 0 Å². The maximum Gasteiger partial charge on any atom is 0.573 e. The van der Waals surface area contributed by atoms with E-state index in [0.29, 0.717) is 12.2 Å². The number of nitrogens with two attached hydrogens (primary N) is 1. The minimum Gasteiger partial charge on any atom is -0.406 e. The second kappa shape index (κ2) is 5.66. The molecule has 1 saturated heterocycles. The standard InChI is InChI=1S/C12H16F3N3O/c13-12(14,15)19-10-3-1-2-8(6-10)17-11-5-4-9(7-16)18-11/h1-3,6,9,11,17-18H,4-5,7,16H2. The lowest BCUT2D eigenvalue weighted by Crippen LogP contribution is -2.38. The van der Waals surface area contributed by atoms with Crippen molar-refractivity contribution in [1.82, 2.24) is 5.32 Å². The third-order valence-corrected chi connectivity index (χ3v) is 2.93. The molecule has 19 heavy (non-hydrogen) atoms. The van der Waals surface area contributed by atoms with Crippen molar-refractivity contribution < 1.29 is 17.9 Å². The van der Waals surface area contributed by atoms with Gasteiger partial charge in [-0.25, -0.2) is 0 Å². The van der Waals surface area contributed by atoms with E-state index >= 15 is 0 Å². The molecule has 0 spiro atoms. The Balaban J connectivity index is 1.96. The van der Waals surface area contributed by atoms with Gasteiger partial charge in [0.25, 0.3) is 0 Å². The van der Waals surface area contributed by atoms with Crippen LogP contribution in [-0.4, -0.2) is 25.1 Å². The van der Waals surface area contributed by atoms with E-state index in [2.05, 4.69) is 15.4 Å². The lowest BCUT2D eigenvalue weighted by molar-refractivity contribution is -0.274. The van der Waals surface area contributed by atoms with Crippen molar-refractivity contribution >= 4 is 5.69 Å². The number of anilines is 1. The third kappa shape index (κ3) is 4.29. The van der Waals surface area contributed by atoms with E-state index in [4.69, 9.17) is 5.73 Å². The fraction of sp³-hybridized carbons (Fsp3) is 0.500. The zero-order chi connectivity index (χ0) is 13.9. The van der Waals surface area contributed by atoms with Gasteiger partial charge in [0.2, 0.25) is 0 Å². The Morgan fingerprint density at radius 1 is 1.37 bits per heavy atom. The van der Waals surface area contributed by atoms with Gasteiger partial charge in [0.05, 0.1) is 6.17 Å². The van der Waals surface area contributed by atoms with E-state index in [1.807, 2.05) is 0 Å². The molecule has 2 rings (SSSR count). The molecule has 2 atom stereocenters. The van der Waals surface area contributed by atoms with Gasteiger partial charge in [-0.1, -0.05) is 6.07 Å². The number of rotatable bonds is 4. The van der Waals surface area contributed by atoms with Gasteiger partial charge >= 0.3 is 6.36 Å². The molecule has 1 heterocycles. The maximum absolute atomic E-state index is 12.1. The molecular formula is C12H16F3N3O. The lowest BCUT2D eigenvalue weighted by atomic mass is 10.2. The van der Waals surface area contributed by atoms with Crippen LogP contribution in [0.15, 0.2) is 24.3 Å². The zero-order valence-electron chi connectivity index (χ0n) is 10.2. The van der Waals surface area contributed by atoms with Gasteiger partial charge in [0, 0.05) is 24.3 Å². The Hall–Kier alpha value is -1.47. The van der Waals surface area contributed by atoms with E-state index in [9.17, 15) is 13.2 Å². The summed E-state index contributed by atoms with van der Waals surface area (Å²) in [6.07, 6.45) is -2.82. The largest absolute Gasteiger partial charge is 0.573 e. The first-order valence-electron chi connectivity index (χ1n) is 6.05. The van der Waals surface area contributed by atoms with Gasteiger partial charge in [0.15, 0.2) is 0 Å². The number of halogens is 3. The predicted octanol–water partition coefficient (Wildman–Crippen LogP) is 2.03. The quantitative estimate of drug-likeness (QED) is 0.787. The van der Waals surface area contributed by atoms with Gasteiger partial charge in [-0.15, -0.1) is 13.2 Å². The first kappa shape index (κ1) is 14.0. The normalized spacial score (nSPS) is 23.4. The summed E-state index contributed by atoms with van der Waals surface area (Å²) in [5.74, 6) is -0.231. The number of nitrogens with one attached hydrogen (secondary N) is 2. The number of alkyl halides is 3. The van der Waals surface area contributed by atoms with Gasteiger partial charge in [0.1, 0.15) is 5.75 Å². The average Bonchev–Trinajstić information content (AvgIpc) is 2.75. The monoisotopic (exact) mass is 275 g/mol. The Bertz CT molecular complexity index is 425. The third-order valence-electron chi connectivity index (χ3n) is 2.93. The summed E-state index contributed by atoms with van der Waals surface area (Å²) in [6, 6.07) is 6.06. The molecular weight excluding hydrogens is 259 g/mol. The van der Waals surface area contributed by atoms with Crippen LogP contribution in [-0.2, 0) is 0 Å². The van der Waals surface area contributed by atoms with Crippen LogP contribution in [0.1, 0.15) is 12.8 Å². The van der Waals surface area contributed by atoms with Crippen LogP contribution >= 0.6 is 0 Å². The Morgan fingerprint density at radius 2 is 2.16 bits per heavy atom. The van der Waals surface area contributed by atoms with Crippen LogP contribution < -0.4 is 21.1 Å². The SMILES string of the molecule is NCC1CCC(Nc2cccc(OC(F)(F)F)c2)N1. The van der Waals surface area contributed by atoms with Crippen molar-refractivity contribution in [3.63, 3.8) is 0 Å². The summed E-state index contributed by atoms with van der Waals surface area (Å²) in [7, 11) is 0. The van der Waals surface area contributed by atoms with Gasteiger partial charge in [-0.05, 0) is 25.0 Å². The highest BCUT2D eigenvalue weighted by Gasteiger charge is 2.31. The van der Waals surface area contributed by atoms with E-state index in [1.54, 1.807) is 6.07 Å². The molecule has 1 aliphatic heterocycles. The van der Waals surface area contributed by atoms with Crippen LogP contribution in [0.2, 0.25) is 0 Å². The summed E-state index contributed by atoms with van der Waals surface area (Å²) < 4.78 is 40.2. The van der Waals surface area contributed by atoms with Crippen LogP contribution in [0.4, 0.5) is 18.9 Å². The summed E-state index contributed by atoms with van der Waals surface area (Å²) in [4.78, 5) is 0. The van der Waals surface area contributed by atoms with Crippen LogP contribution in [0.5, 0.6) is 5.75 Å². The smallest absolute Gasteiger partial charge is 0.406 e. The van der Waals surface area contributed by atoms with E-state index in [1.165, 1.54) is 18.2 Å². The number of benzene rings is 1. The minimum atomic E-state index is -4.67. The molecule has 7 heteroatoms. The summed E-state index contributed by atoms with van der Waals surface area (Å²) in [6.45, 7) is 0.551. The Labute approximate surface area is 109 Å². The van der Waals surface area contributed by atoms with Gasteiger partial charge in [-0.3, -0.25) is 5.32 Å². The van der Waals surface area contributed by atoms with Crippen molar-refractivity contribution in [2.75, 3.05) is 11.9 Å². The predicted molar refractivity (Wildman–Crippen MR) is 65.7 cm³/mol. The molecule has 0 amide bonds. The van der Waals surface area contributed by atoms with Crippen molar-refractivity contribution in [3.05, 3.63) is 24.3 Å². The average molecular weight is 275 g/mol. The molecule has 0 aromatic heterocycles. The van der Waals surface area contributed by atoms with Crippen LogP contribution in [0.3, 0.4) is 0 Å². The topological polar surface area (TPSA) is 59.3 Å². The minimum absolute atomic E-state index is 0.0229. The highest BCUT2D eigenvalue weighted by molar-refractivity contribution is 5.49. The van der Waals surface area contributed by atoms with Crippen molar-refractivity contribution in [2.45, 2.75) is 31.4 Å². The van der Waals surface area contributed by atoms with Crippen molar-refractivity contribution in [3.8, 4) is 5.75 Å². The van der Waals surface area contributed by atoms with E-state index in [0.717, 1.165) is 12.8 Å². The van der Waals surface area contributed by atoms with Crippen LogP contribution in [0.25, 0.3) is 0 Å². The summed E-state index contributed by atoms with van der Waals surface area (Å²) in [5, 5.41) is 6.37. The molecule has 0 aliphatic carbocycles. The summed E-state index contributed by atoms with van der Waals surface area (Å²) >= 11 is 0. The van der Waals surface area contributed by atoms with E-state index < -0.39 is 6.36 Å². The Morgan fingerprint density at radius 3 is 2.79 bits per heavy atom. The van der Waals surface area contributed by atoms with Crippen molar-refractivity contribution in [2.24, 2.45) is 5.73 Å². The highest BCUT2D eigenvalue weighted by atomic mass is 19.4. The summed E-state index contributed by atoms with van der Waals surface area (Å²) in [5.41, 5.74) is 6.13. The molecule has 0 saturated carbocycles. The molecule has 1 aromatic carbocycles. The first-order chi connectivity index (χ1) is 8.96. The van der Waals surface area contributed by atoms with Gasteiger partial charge in [-0.2, -0.15) is 0 Å². The van der Waals surface area contributed by atoms with E-state index in [-0.39, 0.29) is 18.0 Å². The highest BCUT2D eigenvalue weighted by Crippen LogP contribution is 2.26. The molecule has 1 fully saturated rings. The Kier molecular flexibility index (Phi) is 4.16. The fourth-order valence-electron chi connectivity index (χ4n) is 2.10. The maximum atomic E-state index is 12.1. The molecule has 4 N–H and O–H groups in total. The molecule has 4 nitrogen and oxygen atoms in total. The second-order valence-corrected chi connectivity index (χ2v) is 4.45.